The molecule has 3 heterocycles. The molecule has 35 heavy (non-hydrogen) atoms. The lowest BCUT2D eigenvalue weighted by Gasteiger charge is -2.32. The fraction of sp³-hybridized carbons (Fsp3) is 0.565. The molecule has 2 aromatic heterocycles. The van der Waals surface area contributed by atoms with Gasteiger partial charge in [-0.1, -0.05) is 6.92 Å². The Morgan fingerprint density at radius 3 is 2.54 bits per heavy atom. The van der Waals surface area contributed by atoms with Gasteiger partial charge >= 0.3 is 6.09 Å². The molecule has 1 fully saturated rings. The molecule has 192 valence electrons. The van der Waals surface area contributed by atoms with Crippen molar-refractivity contribution >= 4 is 27.4 Å². The van der Waals surface area contributed by atoms with Crippen LogP contribution in [-0.4, -0.2) is 72.5 Å². The van der Waals surface area contributed by atoms with Crippen LogP contribution < -0.4 is 14.8 Å². The Morgan fingerprint density at radius 2 is 1.94 bits per heavy atom. The van der Waals surface area contributed by atoms with Crippen LogP contribution in [0, 0.1) is 6.92 Å². The fourth-order valence-corrected chi connectivity index (χ4v) is 4.08. The zero-order chi connectivity index (χ0) is 25.6. The molecule has 1 aliphatic heterocycles. The Hall–Kier alpha value is -3.15. The monoisotopic (exact) mass is 507 g/mol. The van der Waals surface area contributed by atoms with Gasteiger partial charge in [0, 0.05) is 32.2 Å². The molecule has 0 aliphatic carbocycles. The Bertz CT molecular complexity index is 1130. The highest BCUT2D eigenvalue weighted by molar-refractivity contribution is 7.90. The summed E-state index contributed by atoms with van der Waals surface area (Å²) in [5.74, 6) is 1.05. The lowest BCUT2D eigenvalue weighted by molar-refractivity contribution is 0.0498. The van der Waals surface area contributed by atoms with Gasteiger partial charge in [0.1, 0.15) is 12.4 Å². The molecule has 3 rings (SSSR count). The van der Waals surface area contributed by atoms with Crippen molar-refractivity contribution < 1.29 is 27.4 Å². The normalized spacial score (nSPS) is 14.6. The maximum Gasteiger partial charge on any atom is 0.410 e. The van der Waals surface area contributed by atoms with Gasteiger partial charge in [-0.05, 0) is 39.3 Å². The summed E-state index contributed by atoms with van der Waals surface area (Å²) in [4.78, 5) is 26.6. The average molecular weight is 508 g/mol. The molecule has 2 aromatic rings. The Labute approximate surface area is 206 Å². The number of piperidine rings is 1. The van der Waals surface area contributed by atoms with Crippen molar-refractivity contribution in [2.75, 3.05) is 31.3 Å². The van der Waals surface area contributed by atoms with Crippen molar-refractivity contribution in [2.45, 2.75) is 64.2 Å². The number of pyridine rings is 1. The van der Waals surface area contributed by atoms with Gasteiger partial charge < -0.3 is 24.4 Å². The van der Waals surface area contributed by atoms with E-state index in [9.17, 15) is 13.2 Å². The van der Waals surface area contributed by atoms with Crippen molar-refractivity contribution in [3.63, 3.8) is 0 Å². The van der Waals surface area contributed by atoms with Crippen LogP contribution >= 0.6 is 0 Å². The van der Waals surface area contributed by atoms with E-state index in [1.165, 1.54) is 12.4 Å². The highest BCUT2D eigenvalue weighted by atomic mass is 32.2. The second kappa shape index (κ2) is 11.5. The number of carbonyl (C=O) groups excluding carboxylic acids is 1. The van der Waals surface area contributed by atoms with Crippen LogP contribution in [-0.2, 0) is 14.6 Å². The molecule has 12 heteroatoms. The molecule has 1 saturated heterocycles. The fourth-order valence-electron chi connectivity index (χ4n) is 3.46. The zero-order valence-electron chi connectivity index (χ0n) is 20.8. The van der Waals surface area contributed by atoms with Crippen molar-refractivity contribution in [3.05, 3.63) is 24.2 Å². The molecule has 1 aliphatic rings. The molecular weight excluding hydrogens is 474 g/mol. The number of carbonyl (C=O) groups is 1. The number of amides is 1. The topological polar surface area (TPSA) is 133 Å². The molecule has 0 spiro atoms. The van der Waals surface area contributed by atoms with Gasteiger partial charge in [-0.2, -0.15) is 4.98 Å². The summed E-state index contributed by atoms with van der Waals surface area (Å²) >= 11 is 0. The number of hydrogen-bond acceptors (Lipinski definition) is 10. The second-order valence-corrected chi connectivity index (χ2v) is 10.6. The molecule has 0 unspecified atom stereocenters. The van der Waals surface area contributed by atoms with Gasteiger partial charge in [-0.15, -0.1) is 0 Å². The number of aromatic nitrogens is 3. The molecule has 1 N–H and O–H groups in total. The summed E-state index contributed by atoms with van der Waals surface area (Å²) in [7, 11) is -3.42. The minimum absolute atomic E-state index is 0.00154. The number of aryl methyl sites for hydroxylation is 1. The summed E-state index contributed by atoms with van der Waals surface area (Å²) in [6, 6.07) is 3.07. The highest BCUT2D eigenvalue weighted by Crippen LogP contribution is 2.35. The summed E-state index contributed by atoms with van der Waals surface area (Å²) in [6.45, 7) is 8.82. The minimum Gasteiger partial charge on any atom is -0.485 e. The van der Waals surface area contributed by atoms with Crippen molar-refractivity contribution in [1.29, 1.82) is 0 Å². The van der Waals surface area contributed by atoms with E-state index in [1.807, 2.05) is 20.8 Å². The van der Waals surface area contributed by atoms with Crippen LogP contribution in [0.2, 0.25) is 0 Å². The third kappa shape index (κ3) is 7.17. The second-order valence-electron chi connectivity index (χ2n) is 8.62. The lowest BCUT2D eigenvalue weighted by Crippen LogP contribution is -2.42. The van der Waals surface area contributed by atoms with E-state index < -0.39 is 9.84 Å². The van der Waals surface area contributed by atoms with Crippen LogP contribution in [0.5, 0.6) is 11.6 Å². The molecule has 11 nitrogen and oxygen atoms in total. The number of ether oxygens (including phenoxy) is 3. The molecule has 1 amide bonds. The summed E-state index contributed by atoms with van der Waals surface area (Å²) in [6.07, 6.45) is 3.89. The van der Waals surface area contributed by atoms with E-state index in [1.54, 1.807) is 17.9 Å². The molecule has 0 radical (unpaired) electrons. The van der Waals surface area contributed by atoms with E-state index in [0.29, 0.717) is 61.4 Å². The first kappa shape index (κ1) is 26.5. The average Bonchev–Trinajstić information content (AvgIpc) is 2.79. The SMILES string of the molecule is CCCOc1c(Nc2ccc(S(C)(=O)=O)nc2C)ncnc1OC1CCN(C(=O)OC(C)C)CC1. The van der Waals surface area contributed by atoms with Crippen LogP contribution in [0.3, 0.4) is 0 Å². The number of anilines is 2. The standard InChI is InChI=1S/C23H33N5O6S/c1-6-13-32-20-21(27-18-7-8-19(26-16(18)4)35(5,30)31)24-14-25-22(20)34-17-9-11-28(12-10-17)23(29)33-15(2)3/h7-8,14-15,17H,6,9-13H2,1-5H3,(H,24,25,27). The number of sulfone groups is 1. The van der Waals surface area contributed by atoms with E-state index in [0.717, 1.165) is 12.7 Å². The number of hydrogen-bond donors (Lipinski definition) is 1. The Kier molecular flexibility index (Phi) is 8.71. The Balaban J connectivity index is 1.76. The van der Waals surface area contributed by atoms with Crippen LogP contribution in [0.25, 0.3) is 0 Å². The third-order valence-electron chi connectivity index (χ3n) is 5.23. The smallest absolute Gasteiger partial charge is 0.410 e. The first-order valence-corrected chi connectivity index (χ1v) is 13.5. The molecule has 0 saturated carbocycles. The maximum atomic E-state index is 12.1. The largest absolute Gasteiger partial charge is 0.485 e. The van der Waals surface area contributed by atoms with E-state index >= 15 is 0 Å². The lowest BCUT2D eigenvalue weighted by atomic mass is 10.1. The number of likely N-dealkylation sites (tertiary alicyclic amines) is 1. The van der Waals surface area contributed by atoms with E-state index in [4.69, 9.17) is 14.2 Å². The number of rotatable bonds is 9. The molecule has 0 bridgehead atoms. The van der Waals surface area contributed by atoms with Gasteiger partial charge in [0.25, 0.3) is 5.88 Å². The molecular formula is C23H33N5O6S. The number of nitrogens with one attached hydrogen (secondary N) is 1. The predicted molar refractivity (Wildman–Crippen MR) is 130 cm³/mol. The van der Waals surface area contributed by atoms with Gasteiger partial charge in [-0.3, -0.25) is 0 Å². The van der Waals surface area contributed by atoms with Gasteiger partial charge in [0.15, 0.2) is 20.7 Å². The first-order valence-electron chi connectivity index (χ1n) is 11.6. The van der Waals surface area contributed by atoms with Gasteiger partial charge in [0.05, 0.1) is 24.1 Å². The first-order chi connectivity index (χ1) is 16.6. The zero-order valence-corrected chi connectivity index (χ0v) is 21.6. The predicted octanol–water partition coefficient (Wildman–Crippen LogP) is 3.50. The van der Waals surface area contributed by atoms with Crippen molar-refractivity contribution in [2.24, 2.45) is 0 Å². The van der Waals surface area contributed by atoms with Gasteiger partial charge in [0.2, 0.25) is 5.75 Å². The molecule has 0 atom stereocenters. The highest BCUT2D eigenvalue weighted by Gasteiger charge is 2.27. The minimum atomic E-state index is -3.42. The summed E-state index contributed by atoms with van der Waals surface area (Å²) in [5, 5.41) is 3.16. The van der Waals surface area contributed by atoms with Crippen LogP contribution in [0.15, 0.2) is 23.5 Å². The molecule has 0 aromatic carbocycles. The summed E-state index contributed by atoms with van der Waals surface area (Å²) in [5.41, 5.74) is 1.08. The van der Waals surface area contributed by atoms with Crippen molar-refractivity contribution in [1.82, 2.24) is 19.9 Å². The number of nitrogens with zero attached hydrogens (tertiary/aromatic N) is 4. The van der Waals surface area contributed by atoms with Gasteiger partial charge in [-0.25, -0.2) is 23.2 Å². The van der Waals surface area contributed by atoms with Crippen LogP contribution in [0.1, 0.15) is 45.7 Å². The van der Waals surface area contributed by atoms with E-state index in [2.05, 4.69) is 20.3 Å². The summed E-state index contributed by atoms with van der Waals surface area (Å²) < 4.78 is 41.0. The van der Waals surface area contributed by atoms with E-state index in [-0.39, 0.29) is 23.3 Å². The maximum absolute atomic E-state index is 12.1. The quantitative estimate of drug-likeness (QED) is 0.537. The Morgan fingerprint density at radius 1 is 1.23 bits per heavy atom. The van der Waals surface area contributed by atoms with Crippen LogP contribution in [0.4, 0.5) is 16.3 Å². The van der Waals surface area contributed by atoms with Crippen molar-refractivity contribution in [3.8, 4) is 11.6 Å². The third-order valence-corrected chi connectivity index (χ3v) is 6.22.